The van der Waals surface area contributed by atoms with Crippen molar-refractivity contribution in [2.24, 2.45) is 7.05 Å². The number of oxazole rings is 1. The van der Waals surface area contributed by atoms with E-state index in [-0.39, 0.29) is 34.1 Å². The molecule has 5 rings (SSSR count). The van der Waals surface area contributed by atoms with E-state index < -0.39 is 17.1 Å². The summed E-state index contributed by atoms with van der Waals surface area (Å²) in [6.07, 6.45) is 1.65. The number of hydrogen-bond acceptors (Lipinski definition) is 4. The van der Waals surface area contributed by atoms with Crippen LogP contribution in [0.1, 0.15) is 5.56 Å². The number of fused-ring (bicyclic) bond motifs is 3. The molecule has 0 amide bonds. The lowest BCUT2D eigenvalue weighted by atomic mass is 10.2. The van der Waals surface area contributed by atoms with Gasteiger partial charge in [0, 0.05) is 23.2 Å². The number of nitrogens with zero attached hydrogens (tertiary/aromatic N) is 4. The second-order valence-corrected chi connectivity index (χ2v) is 7.24. The molecule has 9 heteroatoms. The van der Waals surface area contributed by atoms with Gasteiger partial charge in [-0.05, 0) is 12.1 Å². The van der Waals surface area contributed by atoms with E-state index in [1.54, 1.807) is 6.20 Å². The van der Waals surface area contributed by atoms with Crippen molar-refractivity contribution in [1.29, 1.82) is 0 Å². The Morgan fingerprint density at radius 1 is 1.10 bits per heavy atom. The topological polar surface area (TPSA) is 74.4 Å². The molecule has 7 nitrogen and oxygen atoms in total. The molecule has 3 heterocycles. The van der Waals surface area contributed by atoms with Gasteiger partial charge in [-0.15, -0.1) is 0 Å². The van der Waals surface area contributed by atoms with Crippen LogP contribution in [0.25, 0.3) is 28.3 Å². The maximum absolute atomic E-state index is 14.3. The Hall–Kier alpha value is -3.65. The summed E-state index contributed by atoms with van der Waals surface area (Å²) in [6.45, 7) is -0.302. The van der Waals surface area contributed by atoms with Gasteiger partial charge in [-0.1, -0.05) is 48.0 Å². The molecule has 0 N–H and O–H groups in total. The van der Waals surface area contributed by atoms with Gasteiger partial charge in [0.1, 0.15) is 5.82 Å². The van der Waals surface area contributed by atoms with Gasteiger partial charge in [0.05, 0.1) is 12.7 Å². The molecule has 0 atom stereocenters. The molecule has 0 unspecified atom stereocenters. The Morgan fingerprint density at radius 2 is 1.87 bits per heavy atom. The van der Waals surface area contributed by atoms with Gasteiger partial charge in [-0.25, -0.2) is 9.18 Å². The van der Waals surface area contributed by atoms with Gasteiger partial charge in [0.25, 0.3) is 5.56 Å². The van der Waals surface area contributed by atoms with Crippen LogP contribution in [0.2, 0.25) is 5.02 Å². The highest BCUT2D eigenvalue weighted by atomic mass is 35.5. The molecule has 0 aliphatic carbocycles. The molecule has 150 valence electrons. The molecule has 2 aromatic carbocycles. The first-order chi connectivity index (χ1) is 14.5. The molecule has 5 aromatic rings. The van der Waals surface area contributed by atoms with Gasteiger partial charge in [0.2, 0.25) is 0 Å². The summed E-state index contributed by atoms with van der Waals surface area (Å²) < 4.78 is 23.7. The number of hydrogen-bond donors (Lipinski definition) is 0. The molecule has 0 saturated carbocycles. The van der Waals surface area contributed by atoms with Crippen molar-refractivity contribution in [2.45, 2.75) is 6.54 Å². The molecule has 0 spiro atoms. The molecule has 0 fully saturated rings. The van der Waals surface area contributed by atoms with Crippen LogP contribution in [0, 0.1) is 5.82 Å². The maximum Gasteiger partial charge on any atom is 0.332 e. The van der Waals surface area contributed by atoms with E-state index in [9.17, 15) is 14.0 Å². The molecule has 0 radical (unpaired) electrons. The minimum absolute atomic E-state index is 0.0654. The number of halogens is 2. The van der Waals surface area contributed by atoms with Gasteiger partial charge < -0.3 is 4.42 Å². The smallest absolute Gasteiger partial charge is 0.332 e. The van der Waals surface area contributed by atoms with Crippen molar-refractivity contribution in [3.63, 3.8) is 0 Å². The summed E-state index contributed by atoms with van der Waals surface area (Å²) in [6, 6.07) is 13.6. The van der Waals surface area contributed by atoms with Crippen molar-refractivity contribution in [3.8, 4) is 11.3 Å². The zero-order valence-electron chi connectivity index (χ0n) is 15.7. The van der Waals surface area contributed by atoms with Crippen LogP contribution in [-0.4, -0.2) is 18.5 Å². The fraction of sp³-hybridized carbons (Fsp3) is 0.0952. The highest BCUT2D eigenvalue weighted by Crippen LogP contribution is 2.24. The summed E-state index contributed by atoms with van der Waals surface area (Å²) in [7, 11) is 1.49. The van der Waals surface area contributed by atoms with E-state index in [4.69, 9.17) is 16.0 Å². The lowest BCUT2D eigenvalue weighted by molar-refractivity contribution is 0.582. The van der Waals surface area contributed by atoms with Gasteiger partial charge in [-0.3, -0.25) is 18.3 Å². The highest BCUT2D eigenvalue weighted by Gasteiger charge is 2.21. The number of imidazole rings is 1. The predicted octanol–water partition coefficient (Wildman–Crippen LogP) is 3.45. The highest BCUT2D eigenvalue weighted by molar-refractivity contribution is 6.31. The number of aromatic nitrogens is 4. The standard InChI is InChI=1S/C21H14ClFN4O3/c1-25-18-17(26-11-16(30-20(26)24-18)12-6-3-2-4-7-12)19(28)27(21(25)29)10-13-14(22)8-5-9-15(13)23/h2-9,11H,10H2,1H3. The van der Waals surface area contributed by atoms with Crippen LogP contribution >= 0.6 is 11.6 Å². The van der Waals surface area contributed by atoms with Crippen molar-refractivity contribution in [3.05, 3.63) is 92.0 Å². The van der Waals surface area contributed by atoms with Crippen molar-refractivity contribution < 1.29 is 8.81 Å². The zero-order valence-corrected chi connectivity index (χ0v) is 16.4. The number of rotatable bonds is 3. The average Bonchev–Trinajstić information content (AvgIpc) is 3.30. The van der Waals surface area contributed by atoms with Crippen LogP contribution < -0.4 is 11.2 Å². The second kappa shape index (κ2) is 6.70. The third kappa shape index (κ3) is 2.68. The minimum atomic E-state index is -0.629. The normalized spacial score (nSPS) is 11.6. The molecule has 0 aliphatic rings. The first-order valence-electron chi connectivity index (χ1n) is 9.05. The van der Waals surface area contributed by atoms with E-state index in [0.717, 1.165) is 10.1 Å². The van der Waals surface area contributed by atoms with Gasteiger partial charge in [0.15, 0.2) is 16.9 Å². The van der Waals surface area contributed by atoms with Crippen molar-refractivity contribution in [2.75, 3.05) is 0 Å². The molecule has 0 bridgehead atoms. The van der Waals surface area contributed by atoms with Crippen molar-refractivity contribution >= 4 is 28.6 Å². The Balaban J connectivity index is 1.76. The summed E-state index contributed by atoms with van der Waals surface area (Å²) >= 11 is 6.09. The van der Waals surface area contributed by atoms with E-state index in [2.05, 4.69) is 4.98 Å². The summed E-state index contributed by atoms with van der Waals surface area (Å²) in [4.78, 5) is 30.3. The molecule has 0 aliphatic heterocycles. The third-order valence-electron chi connectivity index (χ3n) is 5.03. The lowest BCUT2D eigenvalue weighted by Gasteiger charge is -2.10. The van der Waals surface area contributed by atoms with Crippen LogP contribution in [-0.2, 0) is 13.6 Å². The number of benzene rings is 2. The summed E-state index contributed by atoms with van der Waals surface area (Å²) in [5.41, 5.74) is -0.0176. The SMILES string of the molecule is Cn1c(=O)n(Cc2c(F)cccc2Cl)c(=O)c2c1nc1oc(-c3ccccc3)cn12. The quantitative estimate of drug-likeness (QED) is 0.444. The van der Waals surface area contributed by atoms with Crippen LogP contribution in [0.4, 0.5) is 4.39 Å². The van der Waals surface area contributed by atoms with Crippen molar-refractivity contribution in [1.82, 2.24) is 18.5 Å². The minimum Gasteiger partial charge on any atom is -0.423 e. The van der Waals surface area contributed by atoms with E-state index in [0.29, 0.717) is 5.76 Å². The van der Waals surface area contributed by atoms with Crippen LogP contribution in [0.3, 0.4) is 0 Å². The fourth-order valence-electron chi connectivity index (χ4n) is 3.47. The Bertz CT molecular complexity index is 1530. The second-order valence-electron chi connectivity index (χ2n) is 6.83. The Labute approximate surface area is 173 Å². The molecular formula is C21H14ClFN4O3. The summed E-state index contributed by atoms with van der Waals surface area (Å²) in [5, 5.41) is 0.136. The molecule has 0 saturated heterocycles. The average molecular weight is 425 g/mol. The largest absolute Gasteiger partial charge is 0.423 e. The monoisotopic (exact) mass is 424 g/mol. The van der Waals surface area contributed by atoms with E-state index >= 15 is 0 Å². The third-order valence-corrected chi connectivity index (χ3v) is 5.38. The van der Waals surface area contributed by atoms with Gasteiger partial charge >= 0.3 is 11.5 Å². The first-order valence-corrected chi connectivity index (χ1v) is 9.43. The Morgan fingerprint density at radius 3 is 2.60 bits per heavy atom. The lowest BCUT2D eigenvalue weighted by Crippen LogP contribution is -2.39. The molecular weight excluding hydrogens is 411 g/mol. The zero-order chi connectivity index (χ0) is 21.0. The molecule has 3 aromatic heterocycles. The predicted molar refractivity (Wildman–Crippen MR) is 110 cm³/mol. The molecule has 30 heavy (non-hydrogen) atoms. The number of aryl methyl sites for hydroxylation is 1. The Kier molecular flexibility index (Phi) is 4.11. The van der Waals surface area contributed by atoms with Crippen LogP contribution in [0.15, 0.2) is 68.7 Å². The van der Waals surface area contributed by atoms with E-state index in [1.165, 1.54) is 34.2 Å². The van der Waals surface area contributed by atoms with E-state index in [1.807, 2.05) is 30.3 Å². The maximum atomic E-state index is 14.3. The fourth-order valence-corrected chi connectivity index (χ4v) is 3.69. The summed E-state index contributed by atoms with van der Waals surface area (Å²) in [5.74, 6) is 0.110. The van der Waals surface area contributed by atoms with Gasteiger partial charge in [-0.2, -0.15) is 4.98 Å². The van der Waals surface area contributed by atoms with Crippen LogP contribution in [0.5, 0.6) is 0 Å². The first kappa shape index (κ1) is 18.4.